The molecule has 0 aromatic heterocycles. The van der Waals surface area contributed by atoms with Crippen molar-refractivity contribution in [1.29, 1.82) is 0 Å². The van der Waals surface area contributed by atoms with E-state index in [9.17, 15) is 13.2 Å². The molecule has 178 valence electrons. The summed E-state index contributed by atoms with van der Waals surface area (Å²) in [6, 6.07) is 26.2. The lowest BCUT2D eigenvalue weighted by molar-refractivity contribution is 0.0730. The summed E-state index contributed by atoms with van der Waals surface area (Å²) in [5.41, 5.74) is 2.56. The van der Waals surface area contributed by atoms with Gasteiger partial charge in [-0.2, -0.15) is 4.31 Å². The third kappa shape index (κ3) is 5.75. The number of hydrogen-bond donors (Lipinski definition) is 0. The molecule has 1 aliphatic heterocycles. The van der Waals surface area contributed by atoms with Gasteiger partial charge < -0.3 is 4.90 Å². The minimum absolute atomic E-state index is 0.128. The molecule has 1 amide bonds. The average Bonchev–Trinajstić information content (AvgIpc) is 2.84. The van der Waals surface area contributed by atoms with Crippen LogP contribution in [0, 0.1) is 11.8 Å². The Kier molecular flexibility index (Phi) is 7.49. The highest BCUT2D eigenvalue weighted by Crippen LogP contribution is 2.27. The molecule has 1 fully saturated rings. The van der Waals surface area contributed by atoms with Gasteiger partial charge in [0.1, 0.15) is 0 Å². The van der Waals surface area contributed by atoms with E-state index in [0.29, 0.717) is 43.6 Å². The van der Waals surface area contributed by atoms with Crippen molar-refractivity contribution in [3.63, 3.8) is 0 Å². The van der Waals surface area contributed by atoms with E-state index in [1.807, 2.05) is 60.7 Å². The van der Waals surface area contributed by atoms with Crippen molar-refractivity contribution in [2.45, 2.75) is 38.3 Å². The van der Waals surface area contributed by atoms with Crippen LogP contribution in [0.1, 0.15) is 41.8 Å². The Labute approximate surface area is 203 Å². The fourth-order valence-electron chi connectivity index (χ4n) is 4.71. The first-order chi connectivity index (χ1) is 16.3. The molecule has 3 aromatic carbocycles. The molecule has 0 bridgehead atoms. The zero-order valence-electron chi connectivity index (χ0n) is 19.8. The number of carbonyl (C=O) groups excluding carboxylic acids is 1. The SMILES string of the molecule is C[C@@H]1C[C@H](C)CN(S(=O)(=O)c2ccc(C(=O)N(Cc3ccccc3)Cc3ccccc3)cc2)C1. The number of carbonyl (C=O) groups is 1. The van der Waals surface area contributed by atoms with Crippen molar-refractivity contribution in [2.24, 2.45) is 11.8 Å². The van der Waals surface area contributed by atoms with E-state index in [4.69, 9.17) is 0 Å². The first kappa shape index (κ1) is 24.2. The molecule has 0 N–H and O–H groups in total. The number of nitrogens with zero attached hydrogens (tertiary/aromatic N) is 2. The van der Waals surface area contributed by atoms with Crippen molar-refractivity contribution in [3.8, 4) is 0 Å². The number of hydrogen-bond acceptors (Lipinski definition) is 3. The number of piperidine rings is 1. The summed E-state index contributed by atoms with van der Waals surface area (Å²) in [4.78, 5) is 15.5. The molecule has 4 rings (SSSR count). The number of benzene rings is 3. The van der Waals surface area contributed by atoms with Crippen LogP contribution in [0.5, 0.6) is 0 Å². The van der Waals surface area contributed by atoms with Crippen molar-refractivity contribution in [3.05, 3.63) is 102 Å². The molecular formula is C28H32N2O3S. The number of rotatable bonds is 7. The van der Waals surface area contributed by atoms with Gasteiger partial charge in [-0.15, -0.1) is 0 Å². The van der Waals surface area contributed by atoms with Gasteiger partial charge in [0.05, 0.1) is 4.90 Å². The normalized spacial score (nSPS) is 19.0. The number of sulfonamides is 1. The molecule has 6 heteroatoms. The highest BCUT2D eigenvalue weighted by atomic mass is 32.2. The highest BCUT2D eigenvalue weighted by Gasteiger charge is 2.31. The van der Waals surface area contributed by atoms with Crippen LogP contribution in [-0.2, 0) is 23.1 Å². The lowest BCUT2D eigenvalue weighted by Crippen LogP contribution is -2.42. The van der Waals surface area contributed by atoms with Crippen LogP contribution in [-0.4, -0.2) is 36.6 Å². The Balaban J connectivity index is 1.55. The topological polar surface area (TPSA) is 57.7 Å². The molecule has 2 atom stereocenters. The fourth-order valence-corrected chi connectivity index (χ4v) is 6.39. The van der Waals surface area contributed by atoms with E-state index in [0.717, 1.165) is 17.5 Å². The van der Waals surface area contributed by atoms with Crippen molar-refractivity contribution in [1.82, 2.24) is 9.21 Å². The van der Waals surface area contributed by atoms with Crippen LogP contribution in [0.2, 0.25) is 0 Å². The van der Waals surface area contributed by atoms with Gasteiger partial charge in [0.15, 0.2) is 0 Å². The summed E-state index contributed by atoms with van der Waals surface area (Å²) >= 11 is 0. The van der Waals surface area contributed by atoms with Crippen LogP contribution < -0.4 is 0 Å². The Morgan fingerprint density at radius 3 is 1.74 bits per heavy atom. The summed E-state index contributed by atoms with van der Waals surface area (Å²) in [7, 11) is -3.58. The molecule has 1 heterocycles. The van der Waals surface area contributed by atoms with E-state index in [1.165, 1.54) is 0 Å². The second-order valence-corrected chi connectivity index (χ2v) is 11.4. The van der Waals surface area contributed by atoms with Gasteiger partial charge in [0.25, 0.3) is 5.91 Å². The summed E-state index contributed by atoms with van der Waals surface area (Å²) < 4.78 is 28.0. The Morgan fingerprint density at radius 2 is 1.26 bits per heavy atom. The molecule has 0 aliphatic carbocycles. The zero-order valence-corrected chi connectivity index (χ0v) is 20.6. The summed E-state index contributed by atoms with van der Waals surface area (Å²) in [5, 5.41) is 0. The van der Waals surface area contributed by atoms with Gasteiger partial charge in [-0.1, -0.05) is 74.5 Å². The monoisotopic (exact) mass is 476 g/mol. The van der Waals surface area contributed by atoms with Crippen molar-refractivity contribution in [2.75, 3.05) is 13.1 Å². The van der Waals surface area contributed by atoms with E-state index in [-0.39, 0.29) is 10.8 Å². The maximum absolute atomic E-state index is 13.5. The van der Waals surface area contributed by atoms with Crippen molar-refractivity contribution < 1.29 is 13.2 Å². The standard InChI is InChI=1S/C28H32N2O3S/c1-22-17-23(2)19-30(18-22)34(32,33)27-15-13-26(14-16-27)28(31)29(20-24-9-5-3-6-10-24)21-25-11-7-4-8-12-25/h3-16,22-23H,17-21H2,1-2H3/t22-,23+. The number of amides is 1. The van der Waals surface area contributed by atoms with Gasteiger partial charge in [-0.3, -0.25) is 4.79 Å². The van der Waals surface area contributed by atoms with Crippen LogP contribution >= 0.6 is 0 Å². The van der Waals surface area contributed by atoms with E-state index >= 15 is 0 Å². The average molecular weight is 477 g/mol. The first-order valence-electron chi connectivity index (χ1n) is 11.8. The molecule has 0 spiro atoms. The minimum Gasteiger partial charge on any atom is -0.330 e. The molecule has 5 nitrogen and oxygen atoms in total. The molecule has 0 radical (unpaired) electrons. The van der Waals surface area contributed by atoms with Gasteiger partial charge in [0.2, 0.25) is 10.0 Å². The third-order valence-corrected chi connectivity index (χ3v) is 8.14. The van der Waals surface area contributed by atoms with Gasteiger partial charge in [0, 0.05) is 31.7 Å². The second kappa shape index (κ2) is 10.5. The molecule has 1 saturated heterocycles. The van der Waals surface area contributed by atoms with Gasteiger partial charge in [-0.05, 0) is 53.6 Å². The van der Waals surface area contributed by atoms with Crippen LogP contribution in [0.25, 0.3) is 0 Å². The Hall–Kier alpha value is -2.96. The van der Waals surface area contributed by atoms with Gasteiger partial charge >= 0.3 is 0 Å². The van der Waals surface area contributed by atoms with E-state index in [1.54, 1.807) is 33.5 Å². The lowest BCUT2D eigenvalue weighted by atomic mass is 9.94. The molecule has 1 aliphatic rings. The molecule has 3 aromatic rings. The minimum atomic E-state index is -3.58. The molecule has 0 saturated carbocycles. The lowest BCUT2D eigenvalue weighted by Gasteiger charge is -2.34. The van der Waals surface area contributed by atoms with E-state index < -0.39 is 10.0 Å². The Bertz CT molecular complexity index is 1140. The largest absolute Gasteiger partial charge is 0.330 e. The predicted octanol–water partition coefficient (Wildman–Crippen LogP) is 5.20. The Morgan fingerprint density at radius 1 is 0.794 bits per heavy atom. The summed E-state index contributed by atoms with van der Waals surface area (Å²) in [6.45, 7) is 6.20. The smallest absolute Gasteiger partial charge is 0.254 e. The third-order valence-electron chi connectivity index (χ3n) is 6.29. The van der Waals surface area contributed by atoms with Crippen LogP contribution in [0.3, 0.4) is 0 Å². The molecule has 34 heavy (non-hydrogen) atoms. The van der Waals surface area contributed by atoms with Crippen LogP contribution in [0.15, 0.2) is 89.8 Å². The summed E-state index contributed by atoms with van der Waals surface area (Å²) in [6.07, 6.45) is 1.04. The molecule has 0 unspecified atom stereocenters. The van der Waals surface area contributed by atoms with Gasteiger partial charge in [-0.25, -0.2) is 8.42 Å². The summed E-state index contributed by atoms with van der Waals surface area (Å²) in [5.74, 6) is 0.546. The maximum Gasteiger partial charge on any atom is 0.254 e. The highest BCUT2D eigenvalue weighted by molar-refractivity contribution is 7.89. The zero-order chi connectivity index (χ0) is 24.1. The first-order valence-corrected chi connectivity index (χ1v) is 13.2. The quantitative estimate of drug-likeness (QED) is 0.471. The fraction of sp³-hybridized carbons (Fsp3) is 0.321. The molecular weight excluding hydrogens is 444 g/mol. The van der Waals surface area contributed by atoms with Crippen molar-refractivity contribution >= 4 is 15.9 Å². The second-order valence-electron chi connectivity index (χ2n) is 9.42. The van der Waals surface area contributed by atoms with Crippen LogP contribution in [0.4, 0.5) is 0 Å². The maximum atomic E-state index is 13.5. The predicted molar refractivity (Wildman–Crippen MR) is 135 cm³/mol. The van der Waals surface area contributed by atoms with E-state index in [2.05, 4.69) is 13.8 Å².